The van der Waals surface area contributed by atoms with Crippen LogP contribution in [0.25, 0.3) is 10.9 Å². The van der Waals surface area contributed by atoms with Crippen LogP contribution in [0.15, 0.2) is 47.5 Å². The van der Waals surface area contributed by atoms with Crippen LogP contribution in [0.3, 0.4) is 0 Å². The number of rotatable bonds is 6. The molecule has 0 radical (unpaired) electrons. The van der Waals surface area contributed by atoms with Crippen LogP contribution in [0.4, 0.5) is 13.2 Å². The first kappa shape index (κ1) is 18.6. The molecule has 1 heterocycles. The molecule has 0 unspecified atom stereocenters. The Kier molecular flexibility index (Phi) is 5.54. The fourth-order valence-electron chi connectivity index (χ4n) is 2.68. The van der Waals surface area contributed by atoms with E-state index in [0.29, 0.717) is 23.4 Å². The minimum Gasteiger partial charge on any atom is -0.352 e. The zero-order valence-corrected chi connectivity index (χ0v) is 14.2. The second-order valence-corrected chi connectivity index (χ2v) is 5.96. The second kappa shape index (κ2) is 8.03. The smallest absolute Gasteiger partial charge is 0.261 e. The van der Waals surface area contributed by atoms with E-state index in [9.17, 15) is 22.8 Å². The number of nitrogens with zero attached hydrogens (tertiary/aromatic N) is 2. The Morgan fingerprint density at radius 2 is 1.81 bits per heavy atom. The van der Waals surface area contributed by atoms with Gasteiger partial charge in [-0.3, -0.25) is 14.2 Å². The maximum Gasteiger partial charge on any atom is 0.261 e. The average Bonchev–Trinajstić information content (AvgIpc) is 2.67. The molecule has 140 valence electrons. The number of fused-ring (bicyclic) bond motifs is 1. The Labute approximate surface area is 152 Å². The zero-order chi connectivity index (χ0) is 19.4. The molecule has 2 aromatic carbocycles. The van der Waals surface area contributed by atoms with Gasteiger partial charge in [0.05, 0.1) is 17.2 Å². The number of para-hydroxylation sites is 1. The summed E-state index contributed by atoms with van der Waals surface area (Å²) in [6, 6.07) is 8.43. The lowest BCUT2D eigenvalue weighted by molar-refractivity contribution is -0.121. The highest BCUT2D eigenvalue weighted by Gasteiger charge is 2.14. The molecule has 3 aromatic rings. The minimum absolute atomic E-state index is 0.0395. The lowest BCUT2D eigenvalue weighted by Crippen LogP contribution is -2.25. The summed E-state index contributed by atoms with van der Waals surface area (Å²) in [7, 11) is 0. The van der Waals surface area contributed by atoms with Crippen molar-refractivity contribution in [3.63, 3.8) is 0 Å². The Hall–Kier alpha value is -3.16. The highest BCUT2D eigenvalue weighted by Crippen LogP contribution is 2.15. The summed E-state index contributed by atoms with van der Waals surface area (Å²) in [6.45, 7) is -0.182. The van der Waals surface area contributed by atoms with E-state index in [1.807, 2.05) is 0 Å². The van der Waals surface area contributed by atoms with Crippen molar-refractivity contribution in [1.29, 1.82) is 0 Å². The number of carbonyl (C=O) groups is 1. The van der Waals surface area contributed by atoms with Crippen molar-refractivity contribution in [3.8, 4) is 0 Å². The maximum atomic E-state index is 13.5. The van der Waals surface area contributed by atoms with Gasteiger partial charge in [0, 0.05) is 25.1 Å². The molecule has 0 aliphatic carbocycles. The monoisotopic (exact) mass is 375 g/mol. The fourth-order valence-corrected chi connectivity index (χ4v) is 2.68. The summed E-state index contributed by atoms with van der Waals surface area (Å²) in [5.41, 5.74) is -0.140. The van der Waals surface area contributed by atoms with Gasteiger partial charge in [0.2, 0.25) is 5.91 Å². The molecular formula is C19H16F3N3O2. The first-order chi connectivity index (χ1) is 13.0. The van der Waals surface area contributed by atoms with Gasteiger partial charge in [-0.25, -0.2) is 18.2 Å². The summed E-state index contributed by atoms with van der Waals surface area (Å²) in [5, 5.41) is 2.84. The van der Waals surface area contributed by atoms with Gasteiger partial charge in [-0.15, -0.1) is 0 Å². The van der Waals surface area contributed by atoms with Gasteiger partial charge in [0.15, 0.2) is 11.6 Å². The lowest BCUT2D eigenvalue weighted by Gasteiger charge is -2.09. The number of nitrogens with one attached hydrogen (secondary N) is 1. The van der Waals surface area contributed by atoms with E-state index >= 15 is 0 Å². The molecule has 1 amide bonds. The molecule has 0 spiro atoms. The van der Waals surface area contributed by atoms with E-state index in [2.05, 4.69) is 10.3 Å². The zero-order valence-electron chi connectivity index (χ0n) is 14.2. The van der Waals surface area contributed by atoms with Crippen molar-refractivity contribution < 1.29 is 18.0 Å². The molecule has 0 bridgehead atoms. The van der Waals surface area contributed by atoms with Gasteiger partial charge < -0.3 is 5.32 Å². The SMILES string of the molecule is O=C(CCCn1cnc2ccccc2c1=O)NCc1c(F)ccc(F)c1F. The van der Waals surface area contributed by atoms with Crippen LogP contribution in [0.2, 0.25) is 0 Å². The van der Waals surface area contributed by atoms with Gasteiger partial charge in [-0.2, -0.15) is 0 Å². The number of aromatic nitrogens is 2. The Balaban J connectivity index is 1.56. The summed E-state index contributed by atoms with van der Waals surface area (Å²) in [4.78, 5) is 28.4. The van der Waals surface area contributed by atoms with Gasteiger partial charge >= 0.3 is 0 Å². The van der Waals surface area contributed by atoms with E-state index in [1.54, 1.807) is 24.3 Å². The minimum atomic E-state index is -1.32. The van der Waals surface area contributed by atoms with E-state index in [0.717, 1.165) is 6.07 Å². The molecule has 5 nitrogen and oxygen atoms in total. The first-order valence-corrected chi connectivity index (χ1v) is 8.30. The van der Waals surface area contributed by atoms with E-state index in [4.69, 9.17) is 0 Å². The molecule has 0 saturated heterocycles. The largest absolute Gasteiger partial charge is 0.352 e. The summed E-state index contributed by atoms with van der Waals surface area (Å²) < 4.78 is 41.6. The van der Waals surface area contributed by atoms with Crippen LogP contribution in [0, 0.1) is 17.5 Å². The van der Waals surface area contributed by atoms with E-state index in [1.165, 1.54) is 10.9 Å². The molecular weight excluding hydrogens is 359 g/mol. The van der Waals surface area contributed by atoms with Crippen molar-refractivity contribution in [1.82, 2.24) is 14.9 Å². The number of carbonyl (C=O) groups excluding carboxylic acids is 1. The molecule has 1 aromatic heterocycles. The van der Waals surface area contributed by atoms with Gasteiger partial charge in [0.1, 0.15) is 5.82 Å². The quantitative estimate of drug-likeness (QED) is 0.674. The van der Waals surface area contributed by atoms with Crippen molar-refractivity contribution >= 4 is 16.8 Å². The Morgan fingerprint density at radius 3 is 2.63 bits per heavy atom. The Morgan fingerprint density at radius 1 is 1.07 bits per heavy atom. The van der Waals surface area contributed by atoms with Crippen molar-refractivity contribution in [2.75, 3.05) is 0 Å². The summed E-state index contributed by atoms with van der Waals surface area (Å²) in [6.07, 6.45) is 1.79. The predicted molar refractivity (Wildman–Crippen MR) is 93.4 cm³/mol. The van der Waals surface area contributed by atoms with Gasteiger partial charge in [-0.1, -0.05) is 12.1 Å². The molecule has 27 heavy (non-hydrogen) atoms. The van der Waals surface area contributed by atoms with Crippen LogP contribution >= 0.6 is 0 Å². The molecule has 0 saturated carbocycles. The number of halogens is 3. The number of amides is 1. The Bertz CT molecular complexity index is 1050. The third-order valence-corrected chi connectivity index (χ3v) is 4.14. The summed E-state index contributed by atoms with van der Waals surface area (Å²) >= 11 is 0. The number of aryl methyl sites for hydroxylation is 1. The molecule has 0 aliphatic rings. The van der Waals surface area contributed by atoms with E-state index in [-0.39, 0.29) is 18.5 Å². The van der Waals surface area contributed by atoms with Crippen LogP contribution in [-0.4, -0.2) is 15.5 Å². The number of hydrogen-bond acceptors (Lipinski definition) is 3. The van der Waals surface area contributed by atoms with Crippen LogP contribution < -0.4 is 10.9 Å². The van der Waals surface area contributed by atoms with Crippen molar-refractivity contribution in [2.24, 2.45) is 0 Å². The molecule has 1 N–H and O–H groups in total. The molecule has 8 heteroatoms. The topological polar surface area (TPSA) is 64.0 Å². The third kappa shape index (κ3) is 4.16. The average molecular weight is 375 g/mol. The lowest BCUT2D eigenvalue weighted by atomic mass is 10.2. The second-order valence-electron chi connectivity index (χ2n) is 5.96. The molecule has 0 aliphatic heterocycles. The fraction of sp³-hybridized carbons (Fsp3) is 0.211. The normalized spacial score (nSPS) is 10.9. The van der Waals surface area contributed by atoms with Gasteiger partial charge in [-0.05, 0) is 30.7 Å². The highest BCUT2D eigenvalue weighted by atomic mass is 19.2. The molecule has 0 fully saturated rings. The summed E-state index contributed by atoms with van der Waals surface area (Å²) in [5.74, 6) is -3.88. The number of hydrogen-bond donors (Lipinski definition) is 1. The predicted octanol–water partition coefficient (Wildman–Crippen LogP) is 2.91. The van der Waals surface area contributed by atoms with Crippen molar-refractivity contribution in [3.05, 3.63) is 76.1 Å². The first-order valence-electron chi connectivity index (χ1n) is 8.30. The van der Waals surface area contributed by atoms with Crippen LogP contribution in [-0.2, 0) is 17.9 Å². The molecule has 0 atom stereocenters. The molecule has 3 rings (SSSR count). The van der Waals surface area contributed by atoms with E-state index < -0.39 is 35.5 Å². The van der Waals surface area contributed by atoms with Crippen LogP contribution in [0.5, 0.6) is 0 Å². The van der Waals surface area contributed by atoms with Crippen molar-refractivity contribution in [2.45, 2.75) is 25.9 Å². The number of benzene rings is 2. The van der Waals surface area contributed by atoms with Gasteiger partial charge in [0.25, 0.3) is 5.56 Å². The van der Waals surface area contributed by atoms with Crippen LogP contribution in [0.1, 0.15) is 18.4 Å². The highest BCUT2D eigenvalue weighted by molar-refractivity contribution is 5.77. The maximum absolute atomic E-state index is 13.5. The standard InChI is InChI=1S/C19H16F3N3O2/c20-14-7-8-15(21)18(22)13(14)10-23-17(26)6-3-9-25-11-24-16-5-2-1-4-12(16)19(25)27/h1-2,4-5,7-8,11H,3,6,9-10H2,(H,23,26). The third-order valence-electron chi connectivity index (χ3n) is 4.14.